The van der Waals surface area contributed by atoms with Crippen molar-refractivity contribution >= 4 is 23.2 Å². The van der Waals surface area contributed by atoms with Crippen molar-refractivity contribution in [2.75, 3.05) is 0 Å². The minimum atomic E-state index is -1.05. The summed E-state index contributed by atoms with van der Waals surface area (Å²) in [5.41, 5.74) is 0.380. The number of rotatable bonds is 5. The summed E-state index contributed by atoms with van der Waals surface area (Å²) >= 11 is 1.64. The number of carboxylic acid groups (broad SMARTS) is 1. The largest absolute Gasteiger partial charge is 0.478 e. The molecule has 0 spiro atoms. The van der Waals surface area contributed by atoms with Crippen molar-refractivity contribution in [3.05, 3.63) is 33.5 Å². The second kappa shape index (κ2) is 6.89. The molecule has 2 rings (SSSR count). The van der Waals surface area contributed by atoms with Gasteiger partial charge in [0.15, 0.2) is 0 Å². The molecular weight excluding hydrogens is 286 g/mol. The van der Waals surface area contributed by atoms with E-state index in [1.165, 1.54) is 19.8 Å². The first-order valence-electron chi connectivity index (χ1n) is 7.25. The molecule has 2 N–H and O–H groups in total. The minimum absolute atomic E-state index is 0.00320. The SMILES string of the molecule is CC(C(=O)O)=C(C)C(=O)NC(c1cccs1)C1CCCC1. The van der Waals surface area contributed by atoms with Crippen molar-refractivity contribution in [2.24, 2.45) is 5.92 Å². The normalized spacial score (nSPS) is 18.2. The van der Waals surface area contributed by atoms with Gasteiger partial charge in [0.05, 0.1) is 6.04 Å². The van der Waals surface area contributed by atoms with E-state index in [1.807, 2.05) is 17.5 Å². The van der Waals surface area contributed by atoms with Crippen LogP contribution in [0.2, 0.25) is 0 Å². The molecule has 1 heterocycles. The number of hydrogen-bond acceptors (Lipinski definition) is 3. The molecule has 0 bridgehead atoms. The highest BCUT2D eigenvalue weighted by Crippen LogP contribution is 2.37. The molecule has 4 nitrogen and oxygen atoms in total. The van der Waals surface area contributed by atoms with Crippen molar-refractivity contribution < 1.29 is 14.7 Å². The molecule has 1 aromatic heterocycles. The van der Waals surface area contributed by atoms with Gasteiger partial charge in [-0.25, -0.2) is 4.79 Å². The molecule has 1 fully saturated rings. The van der Waals surface area contributed by atoms with Crippen molar-refractivity contribution in [1.82, 2.24) is 5.32 Å². The fourth-order valence-corrected chi connectivity index (χ4v) is 3.63. The number of nitrogens with one attached hydrogen (secondary N) is 1. The second-order valence-corrected chi connectivity index (χ2v) is 6.55. The van der Waals surface area contributed by atoms with Crippen LogP contribution in [0.1, 0.15) is 50.4 Å². The fourth-order valence-electron chi connectivity index (χ4n) is 2.76. The Balaban J connectivity index is 2.17. The van der Waals surface area contributed by atoms with Crippen LogP contribution in [0.15, 0.2) is 28.7 Å². The van der Waals surface area contributed by atoms with Crippen molar-refractivity contribution in [3.63, 3.8) is 0 Å². The van der Waals surface area contributed by atoms with E-state index in [0.717, 1.165) is 17.7 Å². The molecular formula is C16H21NO3S. The van der Waals surface area contributed by atoms with E-state index in [2.05, 4.69) is 5.32 Å². The standard InChI is InChI=1S/C16H21NO3S/c1-10(11(2)16(19)20)15(18)17-14(12-6-3-4-7-12)13-8-5-9-21-13/h5,8-9,12,14H,3-4,6-7H2,1-2H3,(H,17,18)(H,19,20). The summed E-state index contributed by atoms with van der Waals surface area (Å²) in [7, 11) is 0. The van der Waals surface area contributed by atoms with Crippen molar-refractivity contribution in [2.45, 2.75) is 45.6 Å². The predicted octanol–water partition coefficient (Wildman–Crippen LogP) is 3.52. The second-order valence-electron chi connectivity index (χ2n) is 5.57. The van der Waals surface area contributed by atoms with Gasteiger partial charge in [-0.15, -0.1) is 11.3 Å². The average Bonchev–Trinajstić information content (AvgIpc) is 3.15. The summed E-state index contributed by atoms with van der Waals surface area (Å²) in [6.07, 6.45) is 4.63. The molecule has 0 radical (unpaired) electrons. The molecule has 1 unspecified atom stereocenters. The lowest BCUT2D eigenvalue weighted by Crippen LogP contribution is -2.33. The summed E-state index contributed by atoms with van der Waals surface area (Å²) in [6, 6.07) is 4.02. The zero-order chi connectivity index (χ0) is 15.4. The number of amides is 1. The summed E-state index contributed by atoms with van der Waals surface area (Å²) in [6.45, 7) is 3.03. The van der Waals surface area contributed by atoms with Crippen LogP contribution < -0.4 is 5.32 Å². The third-order valence-corrected chi connectivity index (χ3v) is 5.19. The summed E-state index contributed by atoms with van der Waals surface area (Å²) in [5.74, 6) is -0.873. The molecule has 0 saturated heterocycles. The smallest absolute Gasteiger partial charge is 0.331 e. The molecule has 1 aliphatic carbocycles. The Labute approximate surface area is 128 Å². The fraction of sp³-hybridized carbons (Fsp3) is 0.500. The highest BCUT2D eigenvalue weighted by molar-refractivity contribution is 7.10. The maximum atomic E-state index is 12.3. The molecule has 0 aromatic carbocycles. The van der Waals surface area contributed by atoms with Crippen LogP contribution in [0.3, 0.4) is 0 Å². The van der Waals surface area contributed by atoms with Gasteiger partial charge in [0.1, 0.15) is 0 Å². The van der Waals surface area contributed by atoms with Gasteiger partial charge in [0.25, 0.3) is 0 Å². The first-order chi connectivity index (χ1) is 10.0. The van der Waals surface area contributed by atoms with E-state index in [4.69, 9.17) is 5.11 Å². The Hall–Kier alpha value is -1.62. The Kier molecular flexibility index (Phi) is 5.17. The summed E-state index contributed by atoms with van der Waals surface area (Å²) in [5, 5.41) is 14.1. The first kappa shape index (κ1) is 15.8. The predicted molar refractivity (Wildman–Crippen MR) is 83.2 cm³/mol. The van der Waals surface area contributed by atoms with Crippen LogP contribution >= 0.6 is 11.3 Å². The quantitative estimate of drug-likeness (QED) is 0.818. The van der Waals surface area contributed by atoms with E-state index in [1.54, 1.807) is 18.3 Å². The molecule has 1 aromatic rings. The topological polar surface area (TPSA) is 66.4 Å². The molecule has 1 amide bonds. The lowest BCUT2D eigenvalue weighted by Gasteiger charge is -2.24. The third-order valence-electron chi connectivity index (χ3n) is 4.23. The Morgan fingerprint density at radius 2 is 1.95 bits per heavy atom. The van der Waals surface area contributed by atoms with Crippen LogP contribution in [-0.2, 0) is 9.59 Å². The van der Waals surface area contributed by atoms with E-state index >= 15 is 0 Å². The lowest BCUT2D eigenvalue weighted by atomic mass is 9.96. The molecule has 0 aliphatic heterocycles. The number of carbonyl (C=O) groups excluding carboxylic acids is 1. The monoisotopic (exact) mass is 307 g/mol. The Morgan fingerprint density at radius 3 is 2.48 bits per heavy atom. The molecule has 114 valence electrons. The van der Waals surface area contributed by atoms with Crippen LogP contribution in [0.5, 0.6) is 0 Å². The first-order valence-corrected chi connectivity index (χ1v) is 8.13. The minimum Gasteiger partial charge on any atom is -0.478 e. The number of carboxylic acids is 1. The Bertz CT molecular complexity index is 542. The number of thiophene rings is 1. The van der Waals surface area contributed by atoms with Crippen LogP contribution in [0, 0.1) is 5.92 Å². The third kappa shape index (κ3) is 3.73. The zero-order valence-corrected chi connectivity index (χ0v) is 13.2. The van der Waals surface area contributed by atoms with Crippen LogP contribution in [0.4, 0.5) is 0 Å². The van der Waals surface area contributed by atoms with E-state index in [0.29, 0.717) is 5.92 Å². The average molecular weight is 307 g/mol. The lowest BCUT2D eigenvalue weighted by molar-refractivity contribution is -0.133. The maximum absolute atomic E-state index is 12.3. The van der Waals surface area contributed by atoms with Gasteiger partial charge in [-0.2, -0.15) is 0 Å². The van der Waals surface area contributed by atoms with Gasteiger partial charge >= 0.3 is 5.97 Å². The van der Waals surface area contributed by atoms with E-state index < -0.39 is 5.97 Å². The molecule has 1 saturated carbocycles. The van der Waals surface area contributed by atoms with Crippen molar-refractivity contribution in [1.29, 1.82) is 0 Å². The molecule has 1 aliphatic rings. The van der Waals surface area contributed by atoms with Crippen LogP contribution in [0.25, 0.3) is 0 Å². The van der Waals surface area contributed by atoms with Gasteiger partial charge in [0, 0.05) is 16.0 Å². The summed E-state index contributed by atoms with van der Waals surface area (Å²) in [4.78, 5) is 24.5. The molecule has 1 atom stereocenters. The van der Waals surface area contributed by atoms with E-state index in [9.17, 15) is 9.59 Å². The van der Waals surface area contributed by atoms with Gasteiger partial charge in [-0.05, 0) is 44.1 Å². The van der Waals surface area contributed by atoms with Crippen LogP contribution in [-0.4, -0.2) is 17.0 Å². The Morgan fingerprint density at radius 1 is 1.29 bits per heavy atom. The van der Waals surface area contributed by atoms with Gasteiger partial charge in [-0.3, -0.25) is 4.79 Å². The van der Waals surface area contributed by atoms with E-state index in [-0.39, 0.29) is 23.1 Å². The highest BCUT2D eigenvalue weighted by atomic mass is 32.1. The highest BCUT2D eigenvalue weighted by Gasteiger charge is 2.29. The van der Waals surface area contributed by atoms with Gasteiger partial charge in [-0.1, -0.05) is 18.9 Å². The molecule has 5 heteroatoms. The van der Waals surface area contributed by atoms with Gasteiger partial charge < -0.3 is 10.4 Å². The number of carbonyl (C=O) groups is 2. The maximum Gasteiger partial charge on any atom is 0.331 e. The number of aliphatic carboxylic acids is 1. The summed E-state index contributed by atoms with van der Waals surface area (Å²) < 4.78 is 0. The van der Waals surface area contributed by atoms with Gasteiger partial charge in [0.2, 0.25) is 5.91 Å². The molecule has 21 heavy (non-hydrogen) atoms. The number of hydrogen-bond donors (Lipinski definition) is 2. The van der Waals surface area contributed by atoms with Crippen molar-refractivity contribution in [3.8, 4) is 0 Å². The zero-order valence-electron chi connectivity index (χ0n) is 12.4.